The minimum absolute atomic E-state index is 0.0256. The standard InChI is InChI=1S/C30H23F5O/c1-36-12-2-3-21-15-27(32)25(28(33)16-21)11-7-20-5-9-22(26(31)14-20)8-4-19-6-10-23-17-29(34)30(35)18-24(23)13-19/h5-6,9-10,13-18H,2-3,7,11-12H2,1H3. The maximum atomic E-state index is 14.6. The van der Waals surface area contributed by atoms with Crippen LogP contribution in [0.25, 0.3) is 10.8 Å². The maximum Gasteiger partial charge on any atom is 0.159 e. The number of aryl methyl sites for hydroxylation is 2. The second kappa shape index (κ2) is 11.4. The molecule has 0 heterocycles. The minimum atomic E-state index is -0.952. The summed E-state index contributed by atoms with van der Waals surface area (Å²) in [6, 6.07) is 14.2. The third-order valence-corrected chi connectivity index (χ3v) is 5.93. The summed E-state index contributed by atoms with van der Waals surface area (Å²) in [6.07, 6.45) is 1.54. The molecule has 0 saturated carbocycles. The summed E-state index contributed by atoms with van der Waals surface area (Å²) >= 11 is 0. The van der Waals surface area contributed by atoms with E-state index in [4.69, 9.17) is 4.74 Å². The van der Waals surface area contributed by atoms with E-state index < -0.39 is 29.1 Å². The molecule has 4 rings (SSSR count). The molecule has 0 spiro atoms. The second-order valence-corrected chi connectivity index (χ2v) is 8.53. The first-order chi connectivity index (χ1) is 17.3. The zero-order chi connectivity index (χ0) is 25.7. The summed E-state index contributed by atoms with van der Waals surface area (Å²) in [5, 5.41) is 1.02. The highest BCUT2D eigenvalue weighted by atomic mass is 19.2. The van der Waals surface area contributed by atoms with E-state index in [1.165, 1.54) is 24.3 Å². The molecule has 1 nitrogen and oxygen atoms in total. The van der Waals surface area contributed by atoms with E-state index in [-0.39, 0.29) is 24.0 Å². The number of rotatable bonds is 7. The van der Waals surface area contributed by atoms with Crippen molar-refractivity contribution in [1.29, 1.82) is 0 Å². The van der Waals surface area contributed by atoms with Gasteiger partial charge in [0.25, 0.3) is 0 Å². The van der Waals surface area contributed by atoms with Gasteiger partial charge in [-0.05, 0) is 96.1 Å². The van der Waals surface area contributed by atoms with Gasteiger partial charge in [-0.15, -0.1) is 0 Å². The van der Waals surface area contributed by atoms with Crippen molar-refractivity contribution in [2.75, 3.05) is 13.7 Å². The van der Waals surface area contributed by atoms with Gasteiger partial charge in [0.05, 0.1) is 5.56 Å². The average molecular weight is 495 g/mol. The van der Waals surface area contributed by atoms with Crippen LogP contribution in [0.4, 0.5) is 22.0 Å². The van der Waals surface area contributed by atoms with E-state index in [0.29, 0.717) is 46.9 Å². The lowest BCUT2D eigenvalue weighted by Crippen LogP contribution is -2.02. The average Bonchev–Trinajstić information content (AvgIpc) is 2.84. The molecular formula is C30H23F5O. The summed E-state index contributed by atoms with van der Waals surface area (Å²) in [5.41, 5.74) is 1.81. The Morgan fingerprint density at radius 2 is 1.31 bits per heavy atom. The predicted octanol–water partition coefficient (Wildman–Crippen LogP) is 7.30. The molecule has 36 heavy (non-hydrogen) atoms. The van der Waals surface area contributed by atoms with E-state index in [9.17, 15) is 22.0 Å². The van der Waals surface area contributed by atoms with Crippen LogP contribution in [0.2, 0.25) is 0 Å². The number of benzene rings is 4. The van der Waals surface area contributed by atoms with Gasteiger partial charge in [0.2, 0.25) is 0 Å². The van der Waals surface area contributed by atoms with E-state index >= 15 is 0 Å². The van der Waals surface area contributed by atoms with E-state index in [1.807, 2.05) is 0 Å². The second-order valence-electron chi connectivity index (χ2n) is 8.53. The molecule has 0 amide bonds. The Balaban J connectivity index is 1.45. The largest absolute Gasteiger partial charge is 0.385 e. The van der Waals surface area contributed by atoms with Crippen molar-refractivity contribution in [2.45, 2.75) is 25.7 Å². The fourth-order valence-corrected chi connectivity index (χ4v) is 4.00. The highest BCUT2D eigenvalue weighted by Gasteiger charge is 2.12. The molecule has 4 aromatic rings. The van der Waals surface area contributed by atoms with Gasteiger partial charge in [0.1, 0.15) is 17.5 Å². The molecule has 4 aromatic carbocycles. The fourth-order valence-electron chi connectivity index (χ4n) is 4.00. The number of hydrogen-bond acceptors (Lipinski definition) is 1. The number of fused-ring (bicyclic) bond motifs is 1. The van der Waals surface area contributed by atoms with E-state index in [0.717, 1.165) is 12.1 Å². The van der Waals surface area contributed by atoms with E-state index in [2.05, 4.69) is 11.8 Å². The van der Waals surface area contributed by atoms with Crippen molar-refractivity contribution in [3.63, 3.8) is 0 Å². The van der Waals surface area contributed by atoms with Crippen molar-refractivity contribution >= 4 is 10.8 Å². The van der Waals surface area contributed by atoms with Crippen molar-refractivity contribution in [2.24, 2.45) is 0 Å². The minimum Gasteiger partial charge on any atom is -0.385 e. The first-order valence-corrected chi connectivity index (χ1v) is 11.5. The highest BCUT2D eigenvalue weighted by molar-refractivity contribution is 5.84. The molecule has 0 aromatic heterocycles. The van der Waals surface area contributed by atoms with Gasteiger partial charge in [-0.1, -0.05) is 24.0 Å². The van der Waals surface area contributed by atoms with Crippen LogP contribution in [0.15, 0.2) is 60.7 Å². The lowest BCUT2D eigenvalue weighted by atomic mass is 9.99. The van der Waals surface area contributed by atoms with Crippen LogP contribution in [0.1, 0.15) is 34.2 Å². The van der Waals surface area contributed by atoms with Crippen LogP contribution in [-0.4, -0.2) is 13.7 Å². The van der Waals surface area contributed by atoms with Gasteiger partial charge in [-0.3, -0.25) is 0 Å². The molecule has 0 fully saturated rings. The summed E-state index contributed by atoms with van der Waals surface area (Å²) in [5.74, 6) is 1.93. The van der Waals surface area contributed by atoms with Gasteiger partial charge in [0, 0.05) is 24.8 Å². The molecule has 0 atom stereocenters. The molecule has 0 aliphatic heterocycles. The zero-order valence-corrected chi connectivity index (χ0v) is 19.6. The molecule has 0 aliphatic carbocycles. The first-order valence-electron chi connectivity index (χ1n) is 11.5. The molecule has 0 radical (unpaired) electrons. The first kappa shape index (κ1) is 25.4. The summed E-state index contributed by atoms with van der Waals surface area (Å²) in [7, 11) is 1.57. The summed E-state index contributed by atoms with van der Waals surface area (Å²) in [6.45, 7) is 0.514. The topological polar surface area (TPSA) is 9.23 Å². The SMILES string of the molecule is COCCCc1cc(F)c(CCc2ccc(C#Cc3ccc4cc(F)c(F)cc4c3)c(F)c2)c(F)c1. The highest BCUT2D eigenvalue weighted by Crippen LogP contribution is 2.21. The van der Waals surface area contributed by atoms with Crippen LogP contribution < -0.4 is 0 Å². The van der Waals surface area contributed by atoms with Crippen LogP contribution in [-0.2, 0) is 24.0 Å². The van der Waals surface area contributed by atoms with Crippen molar-refractivity contribution < 1.29 is 26.7 Å². The lowest BCUT2D eigenvalue weighted by molar-refractivity contribution is 0.195. The maximum absolute atomic E-state index is 14.6. The normalized spacial score (nSPS) is 10.9. The molecular weight excluding hydrogens is 471 g/mol. The third kappa shape index (κ3) is 6.10. The molecule has 0 N–H and O–H groups in total. The lowest BCUT2D eigenvalue weighted by Gasteiger charge is -2.09. The van der Waals surface area contributed by atoms with Gasteiger partial charge in [-0.25, -0.2) is 22.0 Å². The Bertz CT molecular complexity index is 1440. The Labute approximate surface area is 206 Å². The van der Waals surface area contributed by atoms with Crippen molar-refractivity contribution in [3.8, 4) is 11.8 Å². The number of methoxy groups -OCH3 is 1. The van der Waals surface area contributed by atoms with Gasteiger partial charge in [-0.2, -0.15) is 0 Å². The summed E-state index contributed by atoms with van der Waals surface area (Å²) in [4.78, 5) is 0. The van der Waals surface area contributed by atoms with Gasteiger partial charge >= 0.3 is 0 Å². The molecule has 184 valence electrons. The number of ether oxygens (including phenoxy) is 1. The van der Waals surface area contributed by atoms with Crippen LogP contribution in [0.3, 0.4) is 0 Å². The Morgan fingerprint density at radius 3 is 2.00 bits per heavy atom. The molecule has 0 saturated heterocycles. The molecule has 0 aliphatic rings. The monoisotopic (exact) mass is 494 g/mol. The molecule has 0 bridgehead atoms. The number of hydrogen-bond donors (Lipinski definition) is 0. The van der Waals surface area contributed by atoms with Gasteiger partial charge in [0.15, 0.2) is 11.6 Å². The van der Waals surface area contributed by atoms with Crippen LogP contribution in [0, 0.1) is 40.9 Å². The smallest absolute Gasteiger partial charge is 0.159 e. The predicted molar refractivity (Wildman–Crippen MR) is 130 cm³/mol. The molecule has 6 heteroatoms. The van der Waals surface area contributed by atoms with Crippen molar-refractivity contribution in [1.82, 2.24) is 0 Å². The fraction of sp³-hybridized carbons (Fsp3) is 0.200. The Kier molecular flexibility index (Phi) is 8.02. The zero-order valence-electron chi connectivity index (χ0n) is 19.6. The quantitative estimate of drug-likeness (QED) is 0.149. The summed E-state index contributed by atoms with van der Waals surface area (Å²) < 4.78 is 75.4. The Morgan fingerprint density at radius 1 is 0.611 bits per heavy atom. The van der Waals surface area contributed by atoms with Crippen LogP contribution in [0.5, 0.6) is 0 Å². The van der Waals surface area contributed by atoms with Crippen LogP contribution >= 0.6 is 0 Å². The molecule has 0 unspecified atom stereocenters. The number of halogens is 5. The van der Waals surface area contributed by atoms with Crippen molar-refractivity contribution in [3.05, 3.63) is 118 Å². The van der Waals surface area contributed by atoms with E-state index in [1.54, 1.807) is 31.4 Å². The third-order valence-electron chi connectivity index (χ3n) is 5.93. The van der Waals surface area contributed by atoms with Gasteiger partial charge < -0.3 is 4.74 Å². The Hall–Kier alpha value is -3.69.